The summed E-state index contributed by atoms with van der Waals surface area (Å²) >= 11 is 0. The van der Waals surface area contributed by atoms with Crippen molar-refractivity contribution in [2.24, 2.45) is 5.92 Å². The Morgan fingerprint density at radius 2 is 2.33 bits per heavy atom. The van der Waals surface area contributed by atoms with E-state index in [1.54, 1.807) is 7.11 Å². The van der Waals surface area contributed by atoms with Crippen molar-refractivity contribution in [1.29, 1.82) is 0 Å². The molecule has 2 unspecified atom stereocenters. The fourth-order valence-corrected chi connectivity index (χ4v) is 2.66. The lowest BCUT2D eigenvalue weighted by atomic mass is 9.88. The van der Waals surface area contributed by atoms with Gasteiger partial charge in [-0.3, -0.25) is 0 Å². The lowest BCUT2D eigenvalue weighted by Gasteiger charge is -2.23. The Hall–Kier alpha value is -1.28. The average molecular weight is 245 g/mol. The Kier molecular flexibility index (Phi) is 4.82. The largest absolute Gasteiger partial charge is 0.497 e. The maximum atomic E-state index is 5.30. The predicted molar refractivity (Wildman–Crippen MR) is 75.9 cm³/mol. The van der Waals surface area contributed by atoms with Crippen molar-refractivity contribution in [3.05, 3.63) is 42.0 Å². The van der Waals surface area contributed by atoms with Crippen molar-refractivity contribution in [3.63, 3.8) is 0 Å². The second-order valence-electron chi connectivity index (χ2n) is 4.97. The molecular weight excluding hydrogens is 222 g/mol. The first-order valence-corrected chi connectivity index (χ1v) is 6.81. The highest BCUT2D eigenvalue weighted by molar-refractivity contribution is 5.30. The Morgan fingerprint density at radius 1 is 1.44 bits per heavy atom. The molecule has 2 nitrogen and oxygen atoms in total. The zero-order chi connectivity index (χ0) is 12.8. The van der Waals surface area contributed by atoms with E-state index >= 15 is 0 Å². The van der Waals surface area contributed by atoms with Gasteiger partial charge >= 0.3 is 0 Å². The Balaban J connectivity index is 2.06. The van der Waals surface area contributed by atoms with Crippen molar-refractivity contribution in [1.82, 2.24) is 5.32 Å². The summed E-state index contributed by atoms with van der Waals surface area (Å²) in [6.07, 6.45) is 9.77. The summed E-state index contributed by atoms with van der Waals surface area (Å²) < 4.78 is 5.30. The van der Waals surface area contributed by atoms with E-state index < -0.39 is 0 Å². The van der Waals surface area contributed by atoms with E-state index in [4.69, 9.17) is 4.74 Å². The molecule has 0 spiro atoms. The minimum absolute atomic E-state index is 0.410. The molecule has 1 aliphatic rings. The molecule has 0 radical (unpaired) electrons. The van der Waals surface area contributed by atoms with Crippen LogP contribution in [-0.4, -0.2) is 14.2 Å². The molecule has 0 saturated carbocycles. The van der Waals surface area contributed by atoms with Gasteiger partial charge in [0, 0.05) is 6.04 Å². The highest BCUT2D eigenvalue weighted by Gasteiger charge is 2.16. The summed E-state index contributed by atoms with van der Waals surface area (Å²) in [5.74, 6) is 1.65. The number of allylic oxidation sites excluding steroid dienone is 2. The Morgan fingerprint density at radius 3 is 3.00 bits per heavy atom. The molecule has 18 heavy (non-hydrogen) atoms. The van der Waals surface area contributed by atoms with Crippen LogP contribution in [-0.2, 0) is 0 Å². The first-order chi connectivity index (χ1) is 8.83. The second-order valence-corrected chi connectivity index (χ2v) is 4.97. The van der Waals surface area contributed by atoms with Gasteiger partial charge in [-0.25, -0.2) is 0 Å². The standard InChI is InChI=1S/C16H23NO/c1-17-16(11-13-7-4-3-5-8-13)14-9-6-10-15(12-14)18-2/h4,6-7,9-10,12-13,16-17H,3,5,8,11H2,1-2H3. The van der Waals surface area contributed by atoms with Gasteiger partial charge in [-0.2, -0.15) is 0 Å². The Bertz CT molecular complexity index is 400. The number of ether oxygens (including phenoxy) is 1. The fourth-order valence-electron chi connectivity index (χ4n) is 2.66. The van der Waals surface area contributed by atoms with Crippen LogP contribution in [0, 0.1) is 5.92 Å². The van der Waals surface area contributed by atoms with E-state index in [1.807, 2.05) is 13.1 Å². The third-order valence-electron chi connectivity index (χ3n) is 3.74. The summed E-state index contributed by atoms with van der Waals surface area (Å²) in [6.45, 7) is 0. The maximum Gasteiger partial charge on any atom is 0.119 e. The third-order valence-corrected chi connectivity index (χ3v) is 3.74. The van der Waals surface area contributed by atoms with Gasteiger partial charge in [0.15, 0.2) is 0 Å². The van der Waals surface area contributed by atoms with E-state index in [0.717, 1.165) is 5.75 Å². The summed E-state index contributed by atoms with van der Waals surface area (Å²) in [5.41, 5.74) is 1.32. The van der Waals surface area contributed by atoms with E-state index in [-0.39, 0.29) is 0 Å². The van der Waals surface area contributed by atoms with Gasteiger partial charge in [0.25, 0.3) is 0 Å². The van der Waals surface area contributed by atoms with Crippen molar-refractivity contribution in [2.75, 3.05) is 14.2 Å². The molecule has 0 amide bonds. The van der Waals surface area contributed by atoms with Gasteiger partial charge in [-0.15, -0.1) is 0 Å². The van der Waals surface area contributed by atoms with E-state index in [1.165, 1.54) is 31.2 Å². The lowest BCUT2D eigenvalue weighted by Crippen LogP contribution is -2.20. The molecule has 2 heteroatoms. The highest BCUT2D eigenvalue weighted by atomic mass is 16.5. The molecule has 0 fully saturated rings. The fraction of sp³-hybridized carbons (Fsp3) is 0.500. The molecule has 2 rings (SSSR count). The first-order valence-electron chi connectivity index (χ1n) is 6.81. The van der Waals surface area contributed by atoms with Crippen LogP contribution in [0.1, 0.15) is 37.3 Å². The Labute approximate surface area is 110 Å². The van der Waals surface area contributed by atoms with Crippen LogP contribution in [0.5, 0.6) is 5.75 Å². The quantitative estimate of drug-likeness (QED) is 0.799. The van der Waals surface area contributed by atoms with Crippen molar-refractivity contribution in [3.8, 4) is 5.75 Å². The molecule has 1 N–H and O–H groups in total. The topological polar surface area (TPSA) is 21.3 Å². The monoisotopic (exact) mass is 245 g/mol. The van der Waals surface area contributed by atoms with Gasteiger partial charge in [0.2, 0.25) is 0 Å². The third kappa shape index (κ3) is 3.36. The first kappa shape index (κ1) is 13.2. The lowest BCUT2D eigenvalue weighted by molar-refractivity contribution is 0.406. The zero-order valence-electron chi connectivity index (χ0n) is 11.4. The van der Waals surface area contributed by atoms with Crippen LogP contribution in [0.3, 0.4) is 0 Å². The van der Waals surface area contributed by atoms with Gasteiger partial charge in [-0.1, -0.05) is 24.3 Å². The van der Waals surface area contributed by atoms with Crippen molar-refractivity contribution < 1.29 is 4.74 Å². The number of nitrogens with one attached hydrogen (secondary N) is 1. The van der Waals surface area contributed by atoms with Gasteiger partial charge < -0.3 is 10.1 Å². The predicted octanol–water partition coefficient (Wildman–Crippen LogP) is 3.70. The van der Waals surface area contributed by atoms with Crippen LogP contribution < -0.4 is 10.1 Å². The highest BCUT2D eigenvalue weighted by Crippen LogP contribution is 2.29. The molecule has 2 atom stereocenters. The molecule has 1 aliphatic carbocycles. The van der Waals surface area contributed by atoms with E-state index in [2.05, 4.69) is 35.7 Å². The molecule has 98 valence electrons. The zero-order valence-corrected chi connectivity index (χ0v) is 11.4. The average Bonchev–Trinajstić information content (AvgIpc) is 2.46. The molecule has 0 aliphatic heterocycles. The molecule has 0 aromatic heterocycles. The maximum absolute atomic E-state index is 5.30. The number of hydrogen-bond donors (Lipinski definition) is 1. The van der Waals surface area contributed by atoms with Crippen molar-refractivity contribution in [2.45, 2.75) is 31.7 Å². The smallest absolute Gasteiger partial charge is 0.119 e. The molecule has 0 saturated heterocycles. The SMILES string of the molecule is CNC(CC1C=CCCC1)c1cccc(OC)c1. The minimum Gasteiger partial charge on any atom is -0.497 e. The summed E-state index contributed by atoms with van der Waals surface area (Å²) in [4.78, 5) is 0. The molecule has 1 aromatic rings. The molecule has 0 heterocycles. The number of benzene rings is 1. The van der Waals surface area contributed by atoms with Gasteiger partial charge in [-0.05, 0) is 56.3 Å². The number of hydrogen-bond acceptors (Lipinski definition) is 2. The molecule has 1 aromatic carbocycles. The summed E-state index contributed by atoms with van der Waals surface area (Å²) in [7, 11) is 3.76. The number of methoxy groups -OCH3 is 1. The van der Waals surface area contributed by atoms with Crippen molar-refractivity contribution >= 4 is 0 Å². The van der Waals surface area contributed by atoms with Crippen LogP contribution in [0.2, 0.25) is 0 Å². The van der Waals surface area contributed by atoms with E-state index in [0.29, 0.717) is 12.0 Å². The van der Waals surface area contributed by atoms with E-state index in [9.17, 15) is 0 Å². The van der Waals surface area contributed by atoms with Crippen LogP contribution >= 0.6 is 0 Å². The minimum atomic E-state index is 0.410. The normalized spacial score (nSPS) is 20.7. The molecule has 0 bridgehead atoms. The second kappa shape index (κ2) is 6.60. The van der Waals surface area contributed by atoms with Crippen LogP contribution in [0.4, 0.5) is 0 Å². The summed E-state index contributed by atoms with van der Waals surface area (Å²) in [5, 5.41) is 3.43. The molecular formula is C16H23NO. The van der Waals surface area contributed by atoms with Gasteiger partial charge in [0.1, 0.15) is 5.75 Å². The number of rotatable bonds is 5. The summed E-state index contributed by atoms with van der Waals surface area (Å²) in [6, 6.07) is 8.78. The van der Waals surface area contributed by atoms with Crippen LogP contribution in [0.25, 0.3) is 0 Å². The van der Waals surface area contributed by atoms with Crippen LogP contribution in [0.15, 0.2) is 36.4 Å². The van der Waals surface area contributed by atoms with Gasteiger partial charge in [0.05, 0.1) is 7.11 Å².